The minimum absolute atomic E-state index is 0.0772. The van der Waals surface area contributed by atoms with Gasteiger partial charge >= 0.3 is 0 Å². The largest absolute Gasteiger partial charge is 0.497 e. The lowest BCUT2D eigenvalue weighted by Gasteiger charge is -2.09. The minimum Gasteiger partial charge on any atom is -0.497 e. The van der Waals surface area contributed by atoms with Crippen LogP contribution in [0.2, 0.25) is 0 Å². The molecule has 8 nitrogen and oxygen atoms in total. The lowest BCUT2D eigenvalue weighted by molar-refractivity contribution is -0.119. The number of carbonyl (C=O) groups excluding carboxylic acids is 2. The molecule has 3 rings (SSSR count). The van der Waals surface area contributed by atoms with Gasteiger partial charge in [0.05, 0.1) is 12.9 Å². The highest BCUT2D eigenvalue weighted by atomic mass is 32.2. The normalized spacial score (nSPS) is 10.4. The van der Waals surface area contributed by atoms with Crippen molar-refractivity contribution in [2.24, 2.45) is 0 Å². The van der Waals surface area contributed by atoms with Crippen LogP contribution in [0.3, 0.4) is 0 Å². The third-order valence-electron chi connectivity index (χ3n) is 3.81. The molecule has 0 saturated carbocycles. The summed E-state index contributed by atoms with van der Waals surface area (Å²) in [6.07, 6.45) is 0. The zero-order chi connectivity index (χ0) is 19.9. The van der Waals surface area contributed by atoms with E-state index in [4.69, 9.17) is 4.74 Å². The van der Waals surface area contributed by atoms with Crippen LogP contribution in [-0.4, -0.2) is 39.4 Å². The van der Waals surface area contributed by atoms with Crippen molar-refractivity contribution in [1.29, 1.82) is 0 Å². The molecule has 0 unspecified atom stereocenters. The first-order valence-corrected chi connectivity index (χ1v) is 9.40. The fraction of sp³-hybridized carbons (Fsp3) is 0.158. The predicted molar refractivity (Wildman–Crippen MR) is 105 cm³/mol. The number of aryl methyl sites for hydroxylation is 1. The monoisotopic (exact) mass is 397 g/mol. The molecule has 3 aromatic rings. The number of thioether (sulfide) groups is 1. The van der Waals surface area contributed by atoms with Crippen LogP contribution in [0.1, 0.15) is 16.2 Å². The first-order valence-electron chi connectivity index (χ1n) is 8.42. The Kier molecular flexibility index (Phi) is 6.28. The zero-order valence-corrected chi connectivity index (χ0v) is 16.2. The average molecular weight is 397 g/mol. The molecule has 0 saturated heterocycles. The molecule has 0 atom stereocenters. The SMILES string of the molecule is COc1ccc(C(=O)NNC(=O)CSc2nnc(C)n2-c2ccccc2)cc1. The van der Waals surface area contributed by atoms with Crippen molar-refractivity contribution in [3.63, 3.8) is 0 Å². The molecule has 1 aromatic heterocycles. The van der Waals surface area contributed by atoms with Crippen LogP contribution in [0.4, 0.5) is 0 Å². The van der Waals surface area contributed by atoms with E-state index < -0.39 is 5.91 Å². The standard InChI is InChI=1S/C19H19N5O3S/c1-13-20-23-19(24(13)15-6-4-3-5-7-15)28-12-17(25)21-22-18(26)14-8-10-16(27-2)11-9-14/h3-11H,12H2,1-2H3,(H,21,25)(H,22,26). The first kappa shape index (κ1) is 19.4. The quantitative estimate of drug-likeness (QED) is 0.488. The molecule has 2 N–H and O–H groups in total. The maximum Gasteiger partial charge on any atom is 0.269 e. The second kappa shape index (κ2) is 9.05. The maximum atomic E-state index is 12.1. The van der Waals surface area contributed by atoms with Crippen LogP contribution in [0, 0.1) is 6.92 Å². The molecule has 9 heteroatoms. The Hall–Kier alpha value is -3.33. The zero-order valence-electron chi connectivity index (χ0n) is 15.4. The van der Waals surface area contributed by atoms with Gasteiger partial charge in [-0.3, -0.25) is 25.0 Å². The van der Waals surface area contributed by atoms with Crippen molar-refractivity contribution in [2.45, 2.75) is 12.1 Å². The number of nitrogens with one attached hydrogen (secondary N) is 2. The van der Waals surface area contributed by atoms with E-state index in [2.05, 4.69) is 21.0 Å². The van der Waals surface area contributed by atoms with Crippen molar-refractivity contribution in [2.75, 3.05) is 12.9 Å². The van der Waals surface area contributed by atoms with E-state index in [0.29, 0.717) is 16.5 Å². The van der Waals surface area contributed by atoms with Crippen LogP contribution < -0.4 is 15.6 Å². The molecule has 0 fully saturated rings. The summed E-state index contributed by atoms with van der Waals surface area (Å²) in [5, 5.41) is 8.80. The third kappa shape index (κ3) is 4.68. The van der Waals surface area contributed by atoms with Crippen LogP contribution in [-0.2, 0) is 4.79 Å². The lowest BCUT2D eigenvalue weighted by Crippen LogP contribution is -2.42. The summed E-state index contributed by atoms with van der Waals surface area (Å²) in [4.78, 5) is 24.1. The molecule has 0 radical (unpaired) electrons. The molecule has 28 heavy (non-hydrogen) atoms. The maximum absolute atomic E-state index is 12.1. The topological polar surface area (TPSA) is 98.1 Å². The van der Waals surface area contributed by atoms with Crippen molar-refractivity contribution in [3.8, 4) is 11.4 Å². The fourth-order valence-electron chi connectivity index (χ4n) is 2.42. The summed E-state index contributed by atoms with van der Waals surface area (Å²) in [6, 6.07) is 16.2. The number of hydrazine groups is 1. The fourth-order valence-corrected chi connectivity index (χ4v) is 3.22. The van der Waals surface area contributed by atoms with Gasteiger partial charge in [0.1, 0.15) is 11.6 Å². The smallest absolute Gasteiger partial charge is 0.269 e. The lowest BCUT2D eigenvalue weighted by atomic mass is 10.2. The Morgan fingerprint density at radius 3 is 2.43 bits per heavy atom. The molecule has 144 valence electrons. The summed E-state index contributed by atoms with van der Waals surface area (Å²) in [7, 11) is 1.55. The van der Waals surface area contributed by atoms with Crippen LogP contribution in [0.25, 0.3) is 5.69 Å². The molecule has 1 heterocycles. The van der Waals surface area contributed by atoms with Gasteiger partial charge in [-0.25, -0.2) is 0 Å². The number of para-hydroxylation sites is 1. The number of carbonyl (C=O) groups is 2. The van der Waals surface area contributed by atoms with Gasteiger partial charge in [-0.2, -0.15) is 0 Å². The molecular formula is C19H19N5O3S. The van der Waals surface area contributed by atoms with Crippen molar-refractivity contribution in [1.82, 2.24) is 25.6 Å². The summed E-state index contributed by atoms with van der Waals surface area (Å²) in [6.45, 7) is 1.85. The highest BCUT2D eigenvalue weighted by molar-refractivity contribution is 7.99. The third-order valence-corrected chi connectivity index (χ3v) is 4.74. The molecule has 0 bridgehead atoms. The number of ether oxygens (including phenoxy) is 1. The number of amides is 2. The molecule has 0 aliphatic rings. The van der Waals surface area contributed by atoms with Gasteiger partial charge in [-0.15, -0.1) is 10.2 Å². The van der Waals surface area contributed by atoms with Gasteiger partial charge in [0.15, 0.2) is 5.16 Å². The number of benzene rings is 2. The van der Waals surface area contributed by atoms with Crippen LogP contribution in [0.5, 0.6) is 5.75 Å². The Bertz CT molecular complexity index is 957. The summed E-state index contributed by atoms with van der Waals surface area (Å²) >= 11 is 1.23. The average Bonchev–Trinajstić information content (AvgIpc) is 3.11. The molecule has 2 amide bonds. The Morgan fingerprint density at radius 2 is 1.75 bits per heavy atom. The van der Waals surface area contributed by atoms with E-state index in [9.17, 15) is 9.59 Å². The van der Waals surface area contributed by atoms with Gasteiger partial charge in [0, 0.05) is 11.3 Å². The number of nitrogens with zero attached hydrogens (tertiary/aromatic N) is 3. The van der Waals surface area contributed by atoms with E-state index in [1.165, 1.54) is 11.8 Å². The van der Waals surface area contributed by atoms with Crippen molar-refractivity contribution >= 4 is 23.6 Å². The van der Waals surface area contributed by atoms with Gasteiger partial charge in [0.2, 0.25) is 5.91 Å². The summed E-state index contributed by atoms with van der Waals surface area (Å²) in [5.74, 6) is 0.682. The molecule has 0 spiro atoms. The van der Waals surface area contributed by atoms with Crippen molar-refractivity contribution in [3.05, 3.63) is 66.0 Å². The van der Waals surface area contributed by atoms with E-state index in [0.717, 1.165) is 11.5 Å². The second-order valence-electron chi connectivity index (χ2n) is 5.72. The predicted octanol–water partition coefficient (Wildman–Crippen LogP) is 2.14. The van der Waals surface area contributed by atoms with Crippen LogP contribution >= 0.6 is 11.8 Å². The van der Waals surface area contributed by atoms with Gasteiger partial charge in [-0.05, 0) is 43.3 Å². The number of methoxy groups -OCH3 is 1. The number of hydrogen-bond acceptors (Lipinski definition) is 6. The molecule has 0 aliphatic heterocycles. The van der Waals surface area contributed by atoms with Crippen molar-refractivity contribution < 1.29 is 14.3 Å². The number of hydrogen-bond donors (Lipinski definition) is 2. The Labute approximate surface area is 166 Å². The van der Waals surface area contributed by atoms with Gasteiger partial charge in [-0.1, -0.05) is 30.0 Å². The number of rotatable bonds is 6. The minimum atomic E-state index is -0.413. The number of aromatic nitrogens is 3. The van der Waals surface area contributed by atoms with Gasteiger partial charge < -0.3 is 4.74 Å². The van der Waals surface area contributed by atoms with E-state index >= 15 is 0 Å². The first-order chi connectivity index (χ1) is 13.6. The van der Waals surface area contributed by atoms with E-state index in [-0.39, 0.29) is 11.7 Å². The summed E-state index contributed by atoms with van der Waals surface area (Å²) < 4.78 is 6.92. The molecular weight excluding hydrogens is 378 g/mol. The van der Waals surface area contributed by atoms with Gasteiger partial charge in [0.25, 0.3) is 5.91 Å². The highest BCUT2D eigenvalue weighted by Crippen LogP contribution is 2.21. The molecule has 2 aromatic carbocycles. The molecule has 0 aliphatic carbocycles. The Balaban J connectivity index is 1.54. The summed E-state index contributed by atoms with van der Waals surface area (Å²) in [5.41, 5.74) is 6.11. The second-order valence-corrected chi connectivity index (χ2v) is 6.66. The Morgan fingerprint density at radius 1 is 1.04 bits per heavy atom. The van der Waals surface area contributed by atoms with E-state index in [1.54, 1.807) is 31.4 Å². The van der Waals surface area contributed by atoms with Crippen LogP contribution in [0.15, 0.2) is 59.8 Å². The highest BCUT2D eigenvalue weighted by Gasteiger charge is 2.14. The van der Waals surface area contributed by atoms with E-state index in [1.807, 2.05) is 41.8 Å².